The van der Waals surface area contributed by atoms with Crippen molar-refractivity contribution in [3.8, 4) is 34.3 Å². The number of halogens is 4. The lowest BCUT2D eigenvalue weighted by atomic mass is 9.98. The van der Waals surface area contributed by atoms with E-state index in [9.17, 15) is 18.0 Å². The van der Waals surface area contributed by atoms with Crippen molar-refractivity contribution in [2.24, 2.45) is 5.92 Å². The number of hydrogen-bond acceptors (Lipinski definition) is 8. The van der Waals surface area contributed by atoms with Gasteiger partial charge in [0.05, 0.1) is 10.9 Å². The second-order valence-electron chi connectivity index (χ2n) is 10.3. The Hall–Kier alpha value is -3.70. The van der Waals surface area contributed by atoms with Gasteiger partial charge in [-0.3, -0.25) is 9.69 Å². The van der Waals surface area contributed by atoms with E-state index in [0.717, 1.165) is 5.56 Å². The molecular weight excluding hydrogens is 537 g/mol. The SMILES string of the molecule is CC(C)(C)OC(=O)C1CN(Cc2ccc(-c3noc(-c4onc(-c5ccccc5)c4C(F)(F)F)n3)c(Cl)c2)C1. The van der Waals surface area contributed by atoms with Crippen molar-refractivity contribution in [1.29, 1.82) is 0 Å². The summed E-state index contributed by atoms with van der Waals surface area (Å²) in [7, 11) is 0. The molecule has 0 amide bonds. The molecule has 3 heterocycles. The lowest BCUT2D eigenvalue weighted by molar-refractivity contribution is -0.166. The molecule has 1 aliphatic rings. The monoisotopic (exact) mass is 560 g/mol. The lowest BCUT2D eigenvalue weighted by Gasteiger charge is -2.38. The Kier molecular flexibility index (Phi) is 6.98. The van der Waals surface area contributed by atoms with Crippen molar-refractivity contribution in [1.82, 2.24) is 20.2 Å². The van der Waals surface area contributed by atoms with E-state index in [4.69, 9.17) is 25.4 Å². The third-order valence-electron chi connectivity index (χ3n) is 6.02. The molecule has 0 spiro atoms. The maximum atomic E-state index is 14.0. The number of ether oxygens (including phenoxy) is 1. The molecule has 2 aromatic carbocycles. The minimum atomic E-state index is -4.78. The maximum Gasteiger partial charge on any atom is 0.422 e. The molecule has 1 fully saturated rings. The van der Waals surface area contributed by atoms with Gasteiger partial charge in [-0.25, -0.2) is 0 Å². The average molecular weight is 561 g/mol. The summed E-state index contributed by atoms with van der Waals surface area (Å²) in [6.07, 6.45) is -4.78. The fraction of sp³-hybridized carbons (Fsp3) is 0.333. The predicted octanol–water partition coefficient (Wildman–Crippen LogP) is 6.50. The van der Waals surface area contributed by atoms with E-state index in [2.05, 4.69) is 20.2 Å². The van der Waals surface area contributed by atoms with Crippen LogP contribution in [0.3, 0.4) is 0 Å². The topological polar surface area (TPSA) is 94.5 Å². The number of rotatable bonds is 6. The summed E-state index contributed by atoms with van der Waals surface area (Å²) >= 11 is 6.47. The van der Waals surface area contributed by atoms with Gasteiger partial charge in [-0.15, -0.1) is 0 Å². The third-order valence-corrected chi connectivity index (χ3v) is 6.33. The van der Waals surface area contributed by atoms with Gasteiger partial charge in [0, 0.05) is 30.8 Å². The molecule has 0 N–H and O–H groups in total. The number of carbonyl (C=O) groups is 1. The van der Waals surface area contributed by atoms with E-state index in [1.807, 2.05) is 20.8 Å². The summed E-state index contributed by atoms with van der Waals surface area (Å²) in [5.41, 5.74) is -0.510. The average Bonchev–Trinajstić information content (AvgIpc) is 3.48. The Morgan fingerprint density at radius 3 is 2.44 bits per heavy atom. The lowest BCUT2D eigenvalue weighted by Crippen LogP contribution is -2.51. The van der Waals surface area contributed by atoms with Gasteiger partial charge in [0.1, 0.15) is 16.9 Å². The van der Waals surface area contributed by atoms with Crippen LogP contribution < -0.4 is 0 Å². The summed E-state index contributed by atoms with van der Waals surface area (Å²) in [5, 5.41) is 7.74. The fourth-order valence-corrected chi connectivity index (χ4v) is 4.53. The van der Waals surface area contributed by atoms with Crippen LogP contribution in [0, 0.1) is 5.92 Å². The molecule has 5 rings (SSSR count). The first kappa shape index (κ1) is 26.9. The number of hydrogen-bond donors (Lipinski definition) is 0. The first-order valence-electron chi connectivity index (χ1n) is 12.1. The van der Waals surface area contributed by atoms with E-state index in [1.54, 1.807) is 36.4 Å². The molecule has 12 heteroatoms. The van der Waals surface area contributed by atoms with Crippen molar-refractivity contribution >= 4 is 17.6 Å². The number of carbonyl (C=O) groups excluding carboxylic acids is 1. The number of aromatic nitrogens is 3. The molecule has 0 unspecified atom stereocenters. The molecule has 0 radical (unpaired) electrons. The Balaban J connectivity index is 1.32. The molecule has 1 saturated heterocycles. The molecule has 39 heavy (non-hydrogen) atoms. The van der Waals surface area contributed by atoms with Crippen molar-refractivity contribution < 1.29 is 31.7 Å². The van der Waals surface area contributed by atoms with Gasteiger partial charge in [-0.05, 0) is 38.5 Å². The summed E-state index contributed by atoms with van der Waals surface area (Å²) in [6.45, 7) is 7.21. The van der Waals surface area contributed by atoms with Crippen LogP contribution in [0.5, 0.6) is 0 Å². The summed E-state index contributed by atoms with van der Waals surface area (Å²) < 4.78 is 57.6. The summed E-state index contributed by atoms with van der Waals surface area (Å²) in [5.74, 6) is -1.53. The van der Waals surface area contributed by atoms with Crippen LogP contribution >= 0.6 is 11.6 Å². The fourth-order valence-electron chi connectivity index (χ4n) is 4.25. The third kappa shape index (κ3) is 5.84. The van der Waals surface area contributed by atoms with Crippen LogP contribution in [0.2, 0.25) is 5.02 Å². The number of esters is 1. The summed E-state index contributed by atoms with van der Waals surface area (Å²) in [6, 6.07) is 13.1. The highest BCUT2D eigenvalue weighted by Gasteiger charge is 2.43. The Morgan fingerprint density at radius 1 is 1.08 bits per heavy atom. The first-order valence-corrected chi connectivity index (χ1v) is 12.5. The number of alkyl halides is 3. The van der Waals surface area contributed by atoms with Crippen LogP contribution in [-0.2, 0) is 22.3 Å². The van der Waals surface area contributed by atoms with E-state index in [0.29, 0.717) is 30.2 Å². The highest BCUT2D eigenvalue weighted by molar-refractivity contribution is 6.33. The molecule has 0 saturated carbocycles. The number of likely N-dealkylation sites (tertiary alicyclic amines) is 1. The first-order chi connectivity index (χ1) is 18.4. The zero-order valence-electron chi connectivity index (χ0n) is 21.3. The molecule has 1 aliphatic heterocycles. The van der Waals surface area contributed by atoms with Gasteiger partial charge in [0.15, 0.2) is 0 Å². The van der Waals surface area contributed by atoms with Gasteiger partial charge in [0.25, 0.3) is 5.89 Å². The van der Waals surface area contributed by atoms with Crippen LogP contribution in [0.4, 0.5) is 13.2 Å². The molecule has 204 valence electrons. The smallest absolute Gasteiger partial charge is 0.422 e. The van der Waals surface area contributed by atoms with Gasteiger partial charge in [0.2, 0.25) is 11.6 Å². The zero-order chi connectivity index (χ0) is 27.9. The van der Waals surface area contributed by atoms with Crippen molar-refractivity contribution in [2.45, 2.75) is 39.1 Å². The molecule has 0 bridgehead atoms. The van der Waals surface area contributed by atoms with Crippen LogP contribution in [0.15, 0.2) is 57.6 Å². The van der Waals surface area contributed by atoms with Gasteiger partial charge in [-0.2, -0.15) is 18.2 Å². The quantitative estimate of drug-likeness (QED) is 0.247. The van der Waals surface area contributed by atoms with Crippen LogP contribution in [-0.4, -0.2) is 44.9 Å². The Morgan fingerprint density at radius 2 is 1.79 bits per heavy atom. The Labute approximate surface area is 226 Å². The normalized spacial score (nSPS) is 14.8. The Bertz CT molecular complexity index is 1490. The molecule has 8 nitrogen and oxygen atoms in total. The van der Waals surface area contributed by atoms with Crippen LogP contribution in [0.25, 0.3) is 34.3 Å². The number of nitrogens with zero attached hydrogens (tertiary/aromatic N) is 4. The highest BCUT2D eigenvalue weighted by Crippen LogP contribution is 2.43. The second-order valence-corrected chi connectivity index (χ2v) is 10.7. The van der Waals surface area contributed by atoms with Crippen molar-refractivity contribution in [3.05, 3.63) is 64.7 Å². The van der Waals surface area contributed by atoms with E-state index < -0.39 is 29.0 Å². The molecule has 4 aromatic rings. The molecule has 0 aliphatic carbocycles. The van der Waals surface area contributed by atoms with E-state index >= 15 is 0 Å². The second kappa shape index (κ2) is 10.1. The largest absolute Gasteiger partial charge is 0.460 e. The minimum Gasteiger partial charge on any atom is -0.460 e. The van der Waals surface area contributed by atoms with Gasteiger partial charge < -0.3 is 13.8 Å². The van der Waals surface area contributed by atoms with E-state index in [1.165, 1.54) is 12.1 Å². The minimum absolute atomic E-state index is 0.00118. The molecule has 2 aromatic heterocycles. The highest BCUT2D eigenvalue weighted by atomic mass is 35.5. The summed E-state index contributed by atoms with van der Waals surface area (Å²) in [4.78, 5) is 18.4. The van der Waals surface area contributed by atoms with E-state index in [-0.39, 0.29) is 29.0 Å². The standard InChI is InChI=1S/C27H24ClF3N4O4/c1-26(2,3)37-25(36)17-13-35(14-17)12-15-9-10-18(19(28)11-15)23-32-24(39-34-23)22-20(27(29,30)31)21(33-38-22)16-7-5-4-6-8-16/h4-11,17H,12-14H2,1-3H3. The molecule has 0 atom stereocenters. The zero-order valence-corrected chi connectivity index (χ0v) is 22.0. The maximum absolute atomic E-state index is 14.0. The van der Waals surface area contributed by atoms with Crippen molar-refractivity contribution in [3.63, 3.8) is 0 Å². The van der Waals surface area contributed by atoms with Crippen molar-refractivity contribution in [2.75, 3.05) is 13.1 Å². The van der Waals surface area contributed by atoms with Gasteiger partial charge >= 0.3 is 12.1 Å². The van der Waals surface area contributed by atoms with Gasteiger partial charge in [-0.1, -0.05) is 58.3 Å². The number of benzene rings is 2. The predicted molar refractivity (Wildman–Crippen MR) is 135 cm³/mol. The van der Waals surface area contributed by atoms with Crippen LogP contribution in [0.1, 0.15) is 31.9 Å². The molecular formula is C27H24ClF3N4O4.